The molecule has 0 saturated heterocycles. The molecule has 58 valence electrons. The minimum atomic E-state index is -0.553. The van der Waals surface area contributed by atoms with Crippen LogP contribution in [0.4, 0.5) is 0 Å². The molecule has 0 aliphatic heterocycles. The standard InChI is InChI=1S/C5H13NO2.ClH/c1-6-3-2-5(8)4-7;/h5-8H,2-4H2,1H3;1H. The Morgan fingerprint density at radius 2 is 2.11 bits per heavy atom. The van der Waals surface area contributed by atoms with Crippen molar-refractivity contribution in [1.29, 1.82) is 0 Å². The normalized spacial score (nSPS) is 12.3. The molecule has 3 N–H and O–H groups in total. The van der Waals surface area contributed by atoms with Crippen molar-refractivity contribution in [3.05, 3.63) is 0 Å². The summed E-state index contributed by atoms with van der Waals surface area (Å²) in [5.41, 5.74) is 0. The van der Waals surface area contributed by atoms with Crippen molar-refractivity contribution >= 4 is 12.4 Å². The zero-order valence-corrected chi connectivity index (χ0v) is 6.32. The second-order valence-corrected chi connectivity index (χ2v) is 1.73. The summed E-state index contributed by atoms with van der Waals surface area (Å²) in [6.45, 7) is 0.614. The maximum absolute atomic E-state index is 8.70. The molecule has 0 aromatic carbocycles. The molecule has 0 aliphatic carbocycles. The molecular formula is C5H14ClNO2. The van der Waals surface area contributed by atoms with E-state index in [1.807, 2.05) is 7.05 Å². The van der Waals surface area contributed by atoms with Crippen LogP contribution in [0, 0.1) is 0 Å². The molecule has 1 atom stereocenters. The number of nitrogens with one attached hydrogen (secondary N) is 1. The fourth-order valence-corrected chi connectivity index (χ4v) is 0.402. The number of hydrogen-bond acceptors (Lipinski definition) is 3. The van der Waals surface area contributed by atoms with Crippen LogP contribution in [-0.2, 0) is 0 Å². The summed E-state index contributed by atoms with van der Waals surface area (Å²) in [5.74, 6) is 0. The Kier molecular flexibility index (Phi) is 10.8. The Morgan fingerprint density at radius 1 is 1.56 bits per heavy atom. The summed E-state index contributed by atoms with van der Waals surface area (Å²) >= 11 is 0. The third kappa shape index (κ3) is 8.17. The molecule has 0 aliphatic rings. The minimum Gasteiger partial charge on any atom is -0.394 e. The molecule has 0 aromatic heterocycles. The summed E-state index contributed by atoms with van der Waals surface area (Å²) in [6, 6.07) is 0. The largest absolute Gasteiger partial charge is 0.394 e. The third-order valence-electron chi connectivity index (χ3n) is 0.938. The van der Waals surface area contributed by atoms with Crippen LogP contribution in [0.5, 0.6) is 0 Å². The lowest BCUT2D eigenvalue weighted by molar-refractivity contribution is 0.0888. The summed E-state index contributed by atoms with van der Waals surface area (Å²) in [5, 5.41) is 19.8. The molecule has 0 saturated carbocycles. The quantitative estimate of drug-likeness (QED) is 0.507. The van der Waals surface area contributed by atoms with Gasteiger partial charge in [0.15, 0.2) is 0 Å². The van der Waals surface area contributed by atoms with E-state index in [1.165, 1.54) is 0 Å². The Bertz CT molecular complexity index is 54.2. The first-order chi connectivity index (χ1) is 3.81. The van der Waals surface area contributed by atoms with E-state index in [0.717, 1.165) is 6.54 Å². The number of hydrogen-bond donors (Lipinski definition) is 3. The number of aliphatic hydroxyl groups is 2. The van der Waals surface area contributed by atoms with Crippen molar-refractivity contribution in [2.45, 2.75) is 12.5 Å². The van der Waals surface area contributed by atoms with Crippen LogP contribution in [0.25, 0.3) is 0 Å². The van der Waals surface area contributed by atoms with Crippen LogP contribution in [0.15, 0.2) is 0 Å². The van der Waals surface area contributed by atoms with Gasteiger partial charge in [-0.25, -0.2) is 0 Å². The lowest BCUT2D eigenvalue weighted by atomic mass is 10.3. The molecule has 0 rings (SSSR count). The Labute approximate surface area is 61.5 Å². The van der Waals surface area contributed by atoms with Crippen LogP contribution in [0.1, 0.15) is 6.42 Å². The van der Waals surface area contributed by atoms with Gasteiger partial charge < -0.3 is 15.5 Å². The highest BCUT2D eigenvalue weighted by Crippen LogP contribution is 1.85. The number of halogens is 1. The van der Waals surface area contributed by atoms with Gasteiger partial charge in [0.05, 0.1) is 12.7 Å². The van der Waals surface area contributed by atoms with E-state index < -0.39 is 6.10 Å². The first-order valence-corrected chi connectivity index (χ1v) is 2.74. The molecule has 1 unspecified atom stereocenters. The van der Waals surface area contributed by atoms with Gasteiger partial charge in [-0.1, -0.05) is 0 Å². The fourth-order valence-electron chi connectivity index (χ4n) is 0.402. The molecule has 0 aromatic rings. The van der Waals surface area contributed by atoms with Gasteiger partial charge in [-0.15, -0.1) is 12.4 Å². The monoisotopic (exact) mass is 155 g/mol. The van der Waals surface area contributed by atoms with Crippen molar-refractivity contribution in [2.24, 2.45) is 0 Å². The number of rotatable bonds is 4. The van der Waals surface area contributed by atoms with Crippen molar-refractivity contribution in [1.82, 2.24) is 5.32 Å². The lowest BCUT2D eigenvalue weighted by Gasteiger charge is -2.03. The van der Waals surface area contributed by atoms with Gasteiger partial charge in [0, 0.05) is 0 Å². The average Bonchev–Trinajstić information content (AvgIpc) is 1.83. The van der Waals surface area contributed by atoms with E-state index in [2.05, 4.69) is 5.32 Å². The van der Waals surface area contributed by atoms with E-state index in [1.54, 1.807) is 0 Å². The summed E-state index contributed by atoms with van der Waals surface area (Å²) < 4.78 is 0. The molecule has 9 heavy (non-hydrogen) atoms. The molecule has 0 bridgehead atoms. The smallest absolute Gasteiger partial charge is 0.0783 e. The minimum absolute atomic E-state index is 0. The highest BCUT2D eigenvalue weighted by Gasteiger charge is 1.97. The van der Waals surface area contributed by atoms with Crippen molar-refractivity contribution in [3.8, 4) is 0 Å². The van der Waals surface area contributed by atoms with Gasteiger partial charge >= 0.3 is 0 Å². The van der Waals surface area contributed by atoms with Crippen molar-refractivity contribution < 1.29 is 10.2 Å². The molecule has 0 radical (unpaired) electrons. The van der Waals surface area contributed by atoms with Crippen molar-refractivity contribution in [2.75, 3.05) is 20.2 Å². The van der Waals surface area contributed by atoms with Gasteiger partial charge in [0.1, 0.15) is 0 Å². The maximum atomic E-state index is 8.70. The topological polar surface area (TPSA) is 52.5 Å². The Hall–Kier alpha value is 0.170. The first-order valence-electron chi connectivity index (χ1n) is 2.74. The Morgan fingerprint density at radius 3 is 2.44 bits per heavy atom. The highest BCUT2D eigenvalue weighted by molar-refractivity contribution is 5.85. The Balaban J connectivity index is 0. The zero-order valence-electron chi connectivity index (χ0n) is 5.50. The van der Waals surface area contributed by atoms with E-state index in [4.69, 9.17) is 10.2 Å². The summed E-state index contributed by atoms with van der Waals surface area (Å²) in [4.78, 5) is 0. The average molecular weight is 156 g/mol. The first kappa shape index (κ1) is 11.9. The second-order valence-electron chi connectivity index (χ2n) is 1.73. The zero-order chi connectivity index (χ0) is 6.41. The fraction of sp³-hybridized carbons (Fsp3) is 1.00. The maximum Gasteiger partial charge on any atom is 0.0783 e. The molecule has 0 amide bonds. The third-order valence-corrected chi connectivity index (χ3v) is 0.938. The SMILES string of the molecule is CNCCC(O)CO.Cl. The molecule has 0 heterocycles. The predicted octanol–water partition coefficient (Wildman–Crippen LogP) is -0.629. The molecule has 4 heteroatoms. The van der Waals surface area contributed by atoms with Crippen LogP contribution >= 0.6 is 12.4 Å². The van der Waals surface area contributed by atoms with Gasteiger partial charge in [-0.2, -0.15) is 0 Å². The molecule has 0 fully saturated rings. The second kappa shape index (κ2) is 8.17. The van der Waals surface area contributed by atoms with E-state index >= 15 is 0 Å². The summed E-state index contributed by atoms with van der Waals surface area (Å²) in [6.07, 6.45) is 0.0648. The van der Waals surface area contributed by atoms with Gasteiger partial charge in [-0.3, -0.25) is 0 Å². The molecule has 3 nitrogen and oxygen atoms in total. The van der Waals surface area contributed by atoms with Crippen LogP contribution < -0.4 is 5.32 Å². The number of aliphatic hydroxyl groups excluding tert-OH is 2. The molecule has 0 spiro atoms. The van der Waals surface area contributed by atoms with E-state index in [-0.39, 0.29) is 19.0 Å². The van der Waals surface area contributed by atoms with Crippen molar-refractivity contribution in [3.63, 3.8) is 0 Å². The van der Waals surface area contributed by atoms with Crippen LogP contribution in [0.2, 0.25) is 0 Å². The van der Waals surface area contributed by atoms with E-state index in [0.29, 0.717) is 6.42 Å². The molecular weight excluding hydrogens is 142 g/mol. The van der Waals surface area contributed by atoms with Gasteiger partial charge in [-0.05, 0) is 20.0 Å². The predicted molar refractivity (Wildman–Crippen MR) is 38.9 cm³/mol. The lowest BCUT2D eigenvalue weighted by Crippen LogP contribution is -2.19. The summed E-state index contributed by atoms with van der Waals surface area (Å²) in [7, 11) is 1.81. The van der Waals surface area contributed by atoms with Crippen LogP contribution in [-0.4, -0.2) is 36.5 Å². The van der Waals surface area contributed by atoms with E-state index in [9.17, 15) is 0 Å². The highest BCUT2D eigenvalue weighted by atomic mass is 35.5. The van der Waals surface area contributed by atoms with Gasteiger partial charge in [0.2, 0.25) is 0 Å². The van der Waals surface area contributed by atoms with Gasteiger partial charge in [0.25, 0.3) is 0 Å². The van der Waals surface area contributed by atoms with Crippen LogP contribution in [0.3, 0.4) is 0 Å².